The maximum absolute atomic E-state index is 12.3. The molecule has 0 aromatic carbocycles. The first-order valence-corrected chi connectivity index (χ1v) is 7.47. The summed E-state index contributed by atoms with van der Waals surface area (Å²) in [6, 6.07) is 3.37. The number of piperazine rings is 1. The van der Waals surface area contributed by atoms with Crippen molar-refractivity contribution < 1.29 is 9.59 Å². The van der Waals surface area contributed by atoms with Gasteiger partial charge in [0.25, 0.3) is 5.91 Å². The highest BCUT2D eigenvalue weighted by atomic mass is 35.5. The molecular formula is C15H25Cl2N5O2. The molecule has 24 heavy (non-hydrogen) atoms. The third kappa shape index (κ3) is 5.22. The van der Waals surface area contributed by atoms with E-state index in [1.54, 1.807) is 18.3 Å². The Labute approximate surface area is 154 Å². The summed E-state index contributed by atoms with van der Waals surface area (Å²) < 4.78 is 0. The van der Waals surface area contributed by atoms with Gasteiger partial charge in [0.05, 0.1) is 5.56 Å². The van der Waals surface area contributed by atoms with Crippen molar-refractivity contribution in [3.8, 4) is 0 Å². The van der Waals surface area contributed by atoms with Crippen LogP contribution < -0.4 is 16.0 Å². The highest BCUT2D eigenvalue weighted by Crippen LogP contribution is 2.19. The molecule has 1 atom stereocenters. The molecule has 0 spiro atoms. The number of halogens is 2. The van der Waals surface area contributed by atoms with Gasteiger partial charge in [-0.25, -0.2) is 4.98 Å². The van der Waals surface area contributed by atoms with Crippen LogP contribution in [0.4, 0.5) is 5.82 Å². The second kappa shape index (κ2) is 10.3. The number of carbonyl (C=O) groups is 2. The van der Waals surface area contributed by atoms with Crippen molar-refractivity contribution in [1.29, 1.82) is 0 Å². The van der Waals surface area contributed by atoms with Crippen molar-refractivity contribution in [2.45, 2.75) is 6.92 Å². The van der Waals surface area contributed by atoms with E-state index in [0.29, 0.717) is 44.1 Å². The largest absolute Gasteiger partial charge is 0.365 e. The zero-order valence-electron chi connectivity index (χ0n) is 13.9. The van der Waals surface area contributed by atoms with Crippen LogP contribution in [-0.4, -0.2) is 61.5 Å². The SMILES string of the molecule is CNCC(C)C(=O)N1CCN(c2ncccc2C(N)=O)CC1.Cl.Cl. The molecule has 2 heterocycles. The molecule has 1 aromatic rings. The van der Waals surface area contributed by atoms with Gasteiger partial charge >= 0.3 is 0 Å². The smallest absolute Gasteiger partial charge is 0.252 e. The number of nitrogens with one attached hydrogen (secondary N) is 1. The molecular weight excluding hydrogens is 353 g/mol. The summed E-state index contributed by atoms with van der Waals surface area (Å²) in [6.45, 7) is 5.15. The topological polar surface area (TPSA) is 91.6 Å². The molecule has 9 heteroatoms. The Kier molecular flexibility index (Phi) is 9.65. The Morgan fingerprint density at radius 2 is 1.92 bits per heavy atom. The lowest BCUT2D eigenvalue weighted by molar-refractivity contribution is -0.135. The van der Waals surface area contributed by atoms with Gasteiger partial charge in [-0.05, 0) is 19.2 Å². The van der Waals surface area contributed by atoms with E-state index in [1.165, 1.54) is 0 Å². The number of nitrogens with zero attached hydrogens (tertiary/aromatic N) is 3. The molecule has 1 aromatic heterocycles. The molecule has 0 aliphatic carbocycles. The number of pyridine rings is 1. The van der Waals surface area contributed by atoms with E-state index in [2.05, 4.69) is 10.3 Å². The molecule has 0 radical (unpaired) electrons. The third-order valence-electron chi connectivity index (χ3n) is 3.87. The zero-order valence-corrected chi connectivity index (χ0v) is 15.5. The fraction of sp³-hybridized carbons (Fsp3) is 0.533. The number of nitrogens with two attached hydrogens (primary N) is 1. The van der Waals surface area contributed by atoms with Gasteiger partial charge in [-0.15, -0.1) is 24.8 Å². The van der Waals surface area contributed by atoms with E-state index in [4.69, 9.17) is 5.73 Å². The third-order valence-corrected chi connectivity index (χ3v) is 3.87. The molecule has 1 aliphatic heterocycles. The summed E-state index contributed by atoms with van der Waals surface area (Å²) >= 11 is 0. The quantitative estimate of drug-likeness (QED) is 0.780. The number of amides is 2. The van der Waals surface area contributed by atoms with Crippen LogP contribution in [0, 0.1) is 5.92 Å². The summed E-state index contributed by atoms with van der Waals surface area (Å²) in [5.74, 6) is 0.243. The highest BCUT2D eigenvalue weighted by Gasteiger charge is 2.26. The second-order valence-electron chi connectivity index (χ2n) is 5.51. The van der Waals surface area contributed by atoms with Crippen molar-refractivity contribution in [3.63, 3.8) is 0 Å². The number of rotatable bonds is 5. The molecule has 1 aliphatic rings. The predicted molar refractivity (Wildman–Crippen MR) is 99.1 cm³/mol. The van der Waals surface area contributed by atoms with Gasteiger partial charge in [0, 0.05) is 44.8 Å². The van der Waals surface area contributed by atoms with E-state index in [1.807, 2.05) is 23.8 Å². The van der Waals surface area contributed by atoms with Crippen LogP contribution in [-0.2, 0) is 4.79 Å². The van der Waals surface area contributed by atoms with Crippen molar-refractivity contribution in [2.24, 2.45) is 11.7 Å². The molecule has 2 rings (SSSR count). The number of primary amides is 1. The summed E-state index contributed by atoms with van der Waals surface area (Å²) in [5.41, 5.74) is 5.81. The van der Waals surface area contributed by atoms with Gasteiger partial charge in [-0.3, -0.25) is 9.59 Å². The number of carbonyl (C=O) groups excluding carboxylic acids is 2. The lowest BCUT2D eigenvalue weighted by Crippen LogP contribution is -2.51. The summed E-state index contributed by atoms with van der Waals surface area (Å²) in [7, 11) is 1.84. The van der Waals surface area contributed by atoms with Crippen LogP contribution in [0.2, 0.25) is 0 Å². The van der Waals surface area contributed by atoms with E-state index in [-0.39, 0.29) is 36.6 Å². The standard InChI is InChI=1S/C15H23N5O2.2ClH/c1-11(10-17-2)15(22)20-8-6-19(7-9-20)14-12(13(16)21)4-3-5-18-14;;/h3-5,11,17H,6-10H2,1-2H3,(H2,16,21);2*1H. The van der Waals surface area contributed by atoms with Gasteiger partial charge in [0.15, 0.2) is 0 Å². The molecule has 1 saturated heterocycles. The maximum atomic E-state index is 12.3. The van der Waals surface area contributed by atoms with Crippen molar-refractivity contribution >= 4 is 42.4 Å². The van der Waals surface area contributed by atoms with Gasteiger partial charge in [-0.2, -0.15) is 0 Å². The minimum absolute atomic E-state index is 0. The van der Waals surface area contributed by atoms with Crippen LogP contribution >= 0.6 is 24.8 Å². The van der Waals surface area contributed by atoms with Crippen molar-refractivity contribution in [1.82, 2.24) is 15.2 Å². The molecule has 136 valence electrons. The highest BCUT2D eigenvalue weighted by molar-refractivity contribution is 5.97. The van der Waals surface area contributed by atoms with E-state index < -0.39 is 5.91 Å². The summed E-state index contributed by atoms with van der Waals surface area (Å²) in [6.07, 6.45) is 1.65. The van der Waals surface area contributed by atoms with Crippen LogP contribution in [0.15, 0.2) is 18.3 Å². The monoisotopic (exact) mass is 377 g/mol. The first-order chi connectivity index (χ1) is 10.5. The van der Waals surface area contributed by atoms with E-state index >= 15 is 0 Å². The average molecular weight is 378 g/mol. The molecule has 0 bridgehead atoms. The van der Waals surface area contributed by atoms with E-state index in [9.17, 15) is 9.59 Å². The Bertz CT molecular complexity index is 550. The molecule has 7 nitrogen and oxygen atoms in total. The Balaban J connectivity index is 0.00000264. The number of hydrogen-bond donors (Lipinski definition) is 2. The Hall–Kier alpha value is -1.57. The Morgan fingerprint density at radius 3 is 2.46 bits per heavy atom. The number of anilines is 1. The number of hydrogen-bond acceptors (Lipinski definition) is 5. The first kappa shape index (κ1) is 22.4. The zero-order chi connectivity index (χ0) is 16.1. The van der Waals surface area contributed by atoms with Crippen molar-refractivity contribution in [3.05, 3.63) is 23.9 Å². The normalized spacial score (nSPS) is 15.1. The van der Waals surface area contributed by atoms with Crippen LogP contribution in [0.3, 0.4) is 0 Å². The fourth-order valence-electron chi connectivity index (χ4n) is 2.69. The average Bonchev–Trinajstić information content (AvgIpc) is 2.54. The molecule has 1 fully saturated rings. The fourth-order valence-corrected chi connectivity index (χ4v) is 2.69. The minimum atomic E-state index is -0.482. The lowest BCUT2D eigenvalue weighted by Gasteiger charge is -2.37. The van der Waals surface area contributed by atoms with Crippen LogP contribution in [0.25, 0.3) is 0 Å². The van der Waals surface area contributed by atoms with Crippen molar-refractivity contribution in [2.75, 3.05) is 44.7 Å². The Morgan fingerprint density at radius 1 is 1.29 bits per heavy atom. The van der Waals surface area contributed by atoms with Gasteiger partial charge < -0.3 is 20.9 Å². The van der Waals surface area contributed by atoms with Crippen LogP contribution in [0.1, 0.15) is 17.3 Å². The molecule has 3 N–H and O–H groups in total. The first-order valence-electron chi connectivity index (χ1n) is 7.47. The van der Waals surface area contributed by atoms with Gasteiger partial charge in [-0.1, -0.05) is 6.92 Å². The maximum Gasteiger partial charge on any atom is 0.252 e. The summed E-state index contributed by atoms with van der Waals surface area (Å²) in [5, 5.41) is 3.02. The molecule has 1 unspecified atom stereocenters. The molecule has 2 amide bonds. The lowest BCUT2D eigenvalue weighted by atomic mass is 10.1. The predicted octanol–water partition coefficient (Wildman–Crippen LogP) is 0.528. The van der Waals surface area contributed by atoms with E-state index in [0.717, 1.165) is 0 Å². The molecule has 0 saturated carbocycles. The van der Waals surface area contributed by atoms with Gasteiger partial charge in [0.2, 0.25) is 5.91 Å². The van der Waals surface area contributed by atoms with Gasteiger partial charge in [0.1, 0.15) is 5.82 Å². The summed E-state index contributed by atoms with van der Waals surface area (Å²) in [4.78, 5) is 31.9. The number of aromatic nitrogens is 1. The second-order valence-corrected chi connectivity index (χ2v) is 5.51. The minimum Gasteiger partial charge on any atom is -0.365 e. The van der Waals surface area contributed by atoms with Crippen LogP contribution in [0.5, 0.6) is 0 Å².